The zero-order chi connectivity index (χ0) is 10.9. The third-order valence-corrected chi connectivity index (χ3v) is 1.93. The number of benzene rings is 1. The third kappa shape index (κ3) is 2.00. The van der Waals surface area contributed by atoms with Gasteiger partial charge in [-0.25, -0.2) is 8.78 Å². The molecule has 1 aromatic carbocycles. The number of hydrogen-bond acceptors (Lipinski definition) is 2. The largest absolute Gasteiger partial charge is 0.480 e. The Morgan fingerprint density at radius 3 is 2.50 bits per heavy atom. The van der Waals surface area contributed by atoms with Crippen LogP contribution in [0.5, 0.6) is 0 Å². The topological polar surface area (TPSA) is 63.3 Å². The van der Waals surface area contributed by atoms with Gasteiger partial charge in [-0.1, -0.05) is 11.6 Å². The second-order valence-electron chi connectivity index (χ2n) is 2.60. The van der Waals surface area contributed by atoms with Crippen LogP contribution in [0, 0.1) is 11.6 Å². The summed E-state index contributed by atoms with van der Waals surface area (Å²) >= 11 is 5.34. The Morgan fingerprint density at radius 1 is 1.43 bits per heavy atom. The van der Waals surface area contributed by atoms with E-state index in [1.54, 1.807) is 0 Å². The molecule has 1 unspecified atom stereocenters. The van der Waals surface area contributed by atoms with Crippen LogP contribution < -0.4 is 5.73 Å². The summed E-state index contributed by atoms with van der Waals surface area (Å²) in [5.74, 6) is -3.39. The van der Waals surface area contributed by atoms with E-state index in [0.29, 0.717) is 6.07 Å². The van der Waals surface area contributed by atoms with Crippen molar-refractivity contribution in [1.82, 2.24) is 0 Å². The molecule has 6 heteroatoms. The highest BCUT2D eigenvalue weighted by Crippen LogP contribution is 2.23. The first kappa shape index (κ1) is 10.9. The van der Waals surface area contributed by atoms with Gasteiger partial charge < -0.3 is 10.8 Å². The SMILES string of the molecule is NC(C(=O)O)c1cc(Cl)c(F)cc1F. The van der Waals surface area contributed by atoms with Crippen molar-refractivity contribution in [2.45, 2.75) is 6.04 Å². The summed E-state index contributed by atoms with van der Waals surface area (Å²) in [6, 6.07) is -0.182. The summed E-state index contributed by atoms with van der Waals surface area (Å²) in [5, 5.41) is 8.13. The minimum atomic E-state index is -1.55. The Labute approximate surface area is 83.1 Å². The Balaban J connectivity index is 3.22. The fourth-order valence-electron chi connectivity index (χ4n) is 0.909. The van der Waals surface area contributed by atoms with Gasteiger partial charge in [-0.2, -0.15) is 0 Å². The lowest BCUT2D eigenvalue weighted by Gasteiger charge is -2.08. The van der Waals surface area contributed by atoms with Gasteiger partial charge in [0, 0.05) is 11.6 Å². The highest BCUT2D eigenvalue weighted by atomic mass is 35.5. The summed E-state index contributed by atoms with van der Waals surface area (Å²) < 4.78 is 25.7. The zero-order valence-corrected chi connectivity index (χ0v) is 7.55. The van der Waals surface area contributed by atoms with E-state index in [2.05, 4.69) is 0 Å². The van der Waals surface area contributed by atoms with Crippen molar-refractivity contribution in [3.8, 4) is 0 Å². The summed E-state index contributed by atoms with van der Waals surface area (Å²) in [6.07, 6.45) is 0. The summed E-state index contributed by atoms with van der Waals surface area (Å²) in [5.41, 5.74) is 4.79. The highest BCUT2D eigenvalue weighted by molar-refractivity contribution is 6.30. The third-order valence-electron chi connectivity index (χ3n) is 1.64. The van der Waals surface area contributed by atoms with Gasteiger partial charge in [0.05, 0.1) is 5.02 Å². The number of carboxylic acids is 1. The minimum absolute atomic E-state index is 0.344. The number of hydrogen-bond donors (Lipinski definition) is 2. The molecule has 0 spiro atoms. The van der Waals surface area contributed by atoms with Gasteiger partial charge in [-0.05, 0) is 6.07 Å². The molecule has 0 saturated carbocycles. The standard InChI is InChI=1S/C8H6ClF2NO2/c9-4-1-3(7(12)8(13)14)5(10)2-6(4)11/h1-2,7H,12H2,(H,13,14). The number of aliphatic carboxylic acids is 1. The first-order valence-corrected chi connectivity index (χ1v) is 3.94. The number of rotatable bonds is 2. The summed E-state index contributed by atoms with van der Waals surface area (Å²) in [6.45, 7) is 0. The van der Waals surface area contributed by atoms with Crippen molar-refractivity contribution >= 4 is 17.6 Å². The lowest BCUT2D eigenvalue weighted by Crippen LogP contribution is -2.22. The van der Waals surface area contributed by atoms with Gasteiger partial charge in [0.1, 0.15) is 17.7 Å². The van der Waals surface area contributed by atoms with Gasteiger partial charge in [0.2, 0.25) is 0 Å². The maximum absolute atomic E-state index is 13.0. The molecule has 14 heavy (non-hydrogen) atoms. The molecule has 0 aliphatic rings. The molecule has 0 radical (unpaired) electrons. The molecule has 0 fully saturated rings. The van der Waals surface area contributed by atoms with E-state index < -0.39 is 23.6 Å². The minimum Gasteiger partial charge on any atom is -0.480 e. The van der Waals surface area contributed by atoms with Gasteiger partial charge >= 0.3 is 5.97 Å². The fourth-order valence-corrected chi connectivity index (χ4v) is 1.08. The van der Waals surface area contributed by atoms with E-state index in [9.17, 15) is 13.6 Å². The molecule has 3 nitrogen and oxygen atoms in total. The molecule has 1 aromatic rings. The lowest BCUT2D eigenvalue weighted by molar-refractivity contribution is -0.138. The predicted octanol–water partition coefficient (Wildman–Crippen LogP) is 1.70. The maximum Gasteiger partial charge on any atom is 0.325 e. The van der Waals surface area contributed by atoms with Crippen LogP contribution in [0.3, 0.4) is 0 Å². The van der Waals surface area contributed by atoms with E-state index in [0.717, 1.165) is 6.07 Å². The van der Waals surface area contributed by atoms with Crippen molar-refractivity contribution in [3.63, 3.8) is 0 Å². The Morgan fingerprint density at radius 2 is 2.00 bits per heavy atom. The number of halogens is 3. The zero-order valence-electron chi connectivity index (χ0n) is 6.80. The van der Waals surface area contributed by atoms with Gasteiger partial charge in [-0.15, -0.1) is 0 Å². The molecular formula is C8H6ClF2NO2. The van der Waals surface area contributed by atoms with Gasteiger partial charge in [0.15, 0.2) is 0 Å². The second kappa shape index (κ2) is 3.89. The average molecular weight is 222 g/mol. The Bertz CT molecular complexity index is 384. The smallest absolute Gasteiger partial charge is 0.325 e. The average Bonchev–Trinajstić information content (AvgIpc) is 2.10. The second-order valence-corrected chi connectivity index (χ2v) is 3.01. The fraction of sp³-hybridized carbons (Fsp3) is 0.125. The molecule has 76 valence electrons. The monoisotopic (exact) mass is 221 g/mol. The van der Waals surface area contributed by atoms with Gasteiger partial charge in [-0.3, -0.25) is 4.79 Å². The lowest BCUT2D eigenvalue weighted by atomic mass is 10.1. The Kier molecular flexibility index (Phi) is 3.03. The van der Waals surface area contributed by atoms with E-state index >= 15 is 0 Å². The maximum atomic E-state index is 13.0. The molecule has 1 rings (SSSR count). The van der Waals surface area contributed by atoms with Crippen molar-refractivity contribution < 1.29 is 18.7 Å². The molecule has 0 aliphatic carbocycles. The van der Waals surface area contributed by atoms with Crippen molar-refractivity contribution in [2.75, 3.05) is 0 Å². The van der Waals surface area contributed by atoms with Crippen LogP contribution in [-0.2, 0) is 4.79 Å². The highest BCUT2D eigenvalue weighted by Gasteiger charge is 2.20. The van der Waals surface area contributed by atoms with Crippen LogP contribution in [0.2, 0.25) is 5.02 Å². The van der Waals surface area contributed by atoms with Crippen LogP contribution in [-0.4, -0.2) is 11.1 Å². The van der Waals surface area contributed by atoms with E-state index in [1.165, 1.54) is 0 Å². The molecule has 0 aliphatic heterocycles. The van der Waals surface area contributed by atoms with Gasteiger partial charge in [0.25, 0.3) is 0 Å². The molecule has 3 N–H and O–H groups in total. The van der Waals surface area contributed by atoms with E-state index in [-0.39, 0.29) is 10.6 Å². The van der Waals surface area contributed by atoms with Crippen LogP contribution in [0.1, 0.15) is 11.6 Å². The molecule has 0 bridgehead atoms. The molecule has 0 amide bonds. The van der Waals surface area contributed by atoms with Crippen molar-refractivity contribution in [2.24, 2.45) is 5.73 Å². The van der Waals surface area contributed by atoms with Crippen LogP contribution in [0.25, 0.3) is 0 Å². The Hall–Kier alpha value is -1.20. The number of carboxylic acid groups (broad SMARTS) is 1. The van der Waals surface area contributed by atoms with Crippen molar-refractivity contribution in [1.29, 1.82) is 0 Å². The van der Waals surface area contributed by atoms with Crippen LogP contribution in [0.15, 0.2) is 12.1 Å². The molecular weight excluding hydrogens is 216 g/mol. The molecule has 0 aromatic heterocycles. The molecule has 0 saturated heterocycles. The summed E-state index contributed by atoms with van der Waals surface area (Å²) in [4.78, 5) is 10.4. The van der Waals surface area contributed by atoms with Crippen LogP contribution in [0.4, 0.5) is 8.78 Å². The first-order chi connectivity index (χ1) is 6.43. The number of nitrogens with two attached hydrogens (primary N) is 1. The first-order valence-electron chi connectivity index (χ1n) is 3.56. The van der Waals surface area contributed by atoms with E-state index in [1.807, 2.05) is 0 Å². The van der Waals surface area contributed by atoms with Crippen LogP contribution >= 0.6 is 11.6 Å². The normalized spacial score (nSPS) is 12.6. The predicted molar refractivity (Wildman–Crippen MR) is 45.9 cm³/mol. The van der Waals surface area contributed by atoms with Crippen molar-refractivity contribution in [3.05, 3.63) is 34.4 Å². The number of carbonyl (C=O) groups is 1. The van der Waals surface area contributed by atoms with E-state index in [4.69, 9.17) is 22.4 Å². The quantitative estimate of drug-likeness (QED) is 0.748. The molecule has 1 atom stereocenters. The molecule has 0 heterocycles. The summed E-state index contributed by atoms with van der Waals surface area (Å²) in [7, 11) is 0.